The maximum Gasteiger partial charge on any atom is 0.251 e. The minimum atomic E-state index is -0.802. The van der Waals surface area contributed by atoms with E-state index in [9.17, 15) is 4.79 Å². The van der Waals surface area contributed by atoms with Gasteiger partial charge in [-0.3, -0.25) is 9.48 Å². The van der Waals surface area contributed by atoms with Gasteiger partial charge in [-0.1, -0.05) is 0 Å². The maximum absolute atomic E-state index is 11.6. The van der Waals surface area contributed by atoms with Gasteiger partial charge in [-0.2, -0.15) is 5.10 Å². The van der Waals surface area contributed by atoms with Crippen molar-refractivity contribution in [1.29, 1.82) is 0 Å². The van der Waals surface area contributed by atoms with E-state index in [4.69, 9.17) is 10.5 Å². The van der Waals surface area contributed by atoms with Crippen molar-refractivity contribution in [2.45, 2.75) is 26.0 Å². The fraction of sp³-hybridized carbons (Fsp3) is 0.600. The average Bonchev–Trinajstić information content (AvgIpc) is 2.64. The highest BCUT2D eigenvalue weighted by molar-refractivity contribution is 5.84. The fourth-order valence-corrected chi connectivity index (χ4v) is 1.09. The second kappa shape index (κ2) is 4.98. The number of ether oxygens (including phenoxy) is 1. The van der Waals surface area contributed by atoms with E-state index in [1.807, 2.05) is 0 Å². The van der Waals surface area contributed by atoms with Gasteiger partial charge in [0.25, 0.3) is 5.91 Å². The number of rotatable bonds is 5. The standard InChI is InChI=1S/C10H18N4O2/c1-10(2,16-3)9(15)12-4-5-14-7-8(11)6-13-14/h6-7H,4-5,11H2,1-3H3,(H,12,15). The van der Waals surface area contributed by atoms with Crippen LogP contribution in [0.3, 0.4) is 0 Å². The van der Waals surface area contributed by atoms with E-state index in [2.05, 4.69) is 10.4 Å². The Kier molecular flexibility index (Phi) is 3.89. The van der Waals surface area contributed by atoms with Crippen LogP contribution in [-0.2, 0) is 16.1 Å². The molecule has 0 aromatic carbocycles. The molecule has 0 spiro atoms. The Bertz CT molecular complexity index is 359. The molecule has 0 aliphatic heterocycles. The van der Waals surface area contributed by atoms with Gasteiger partial charge in [-0.25, -0.2) is 0 Å². The van der Waals surface area contributed by atoms with Crippen LogP contribution in [-0.4, -0.2) is 34.9 Å². The molecule has 1 aromatic heterocycles. The Morgan fingerprint density at radius 2 is 2.38 bits per heavy atom. The minimum absolute atomic E-state index is 0.143. The molecule has 1 amide bonds. The molecule has 0 fully saturated rings. The number of carbonyl (C=O) groups excluding carboxylic acids is 1. The third-order valence-electron chi connectivity index (χ3n) is 2.34. The first kappa shape index (κ1) is 12.5. The molecule has 0 unspecified atom stereocenters. The van der Waals surface area contributed by atoms with Gasteiger partial charge in [0.1, 0.15) is 5.60 Å². The molecule has 1 heterocycles. The fourth-order valence-electron chi connectivity index (χ4n) is 1.09. The normalized spacial score (nSPS) is 11.4. The molecule has 3 N–H and O–H groups in total. The van der Waals surface area contributed by atoms with Crippen molar-refractivity contribution in [1.82, 2.24) is 15.1 Å². The van der Waals surface area contributed by atoms with Gasteiger partial charge in [0.2, 0.25) is 0 Å². The highest BCUT2D eigenvalue weighted by atomic mass is 16.5. The molecule has 1 rings (SSSR count). The number of nitrogens with zero attached hydrogens (tertiary/aromatic N) is 2. The van der Waals surface area contributed by atoms with Crippen molar-refractivity contribution >= 4 is 11.6 Å². The van der Waals surface area contributed by atoms with Gasteiger partial charge in [-0.15, -0.1) is 0 Å². The molecule has 6 nitrogen and oxygen atoms in total. The molecule has 1 aromatic rings. The molecule has 0 radical (unpaired) electrons. The number of nitrogens with one attached hydrogen (secondary N) is 1. The number of aromatic nitrogens is 2. The zero-order valence-corrected chi connectivity index (χ0v) is 9.86. The minimum Gasteiger partial charge on any atom is -0.396 e. The van der Waals surface area contributed by atoms with E-state index < -0.39 is 5.60 Å². The lowest BCUT2D eigenvalue weighted by Gasteiger charge is -2.21. The van der Waals surface area contributed by atoms with Gasteiger partial charge < -0.3 is 15.8 Å². The summed E-state index contributed by atoms with van der Waals surface area (Å²) >= 11 is 0. The average molecular weight is 226 g/mol. The lowest BCUT2D eigenvalue weighted by molar-refractivity contribution is -0.139. The van der Waals surface area contributed by atoms with Gasteiger partial charge in [0.15, 0.2) is 0 Å². The van der Waals surface area contributed by atoms with Crippen LogP contribution in [0, 0.1) is 0 Å². The van der Waals surface area contributed by atoms with Gasteiger partial charge >= 0.3 is 0 Å². The summed E-state index contributed by atoms with van der Waals surface area (Å²) in [7, 11) is 1.51. The van der Waals surface area contributed by atoms with Crippen molar-refractivity contribution in [3.05, 3.63) is 12.4 Å². The second-order valence-electron chi connectivity index (χ2n) is 4.01. The number of carbonyl (C=O) groups is 1. The number of methoxy groups -OCH3 is 1. The van der Waals surface area contributed by atoms with Crippen LogP contribution >= 0.6 is 0 Å². The maximum atomic E-state index is 11.6. The molecule has 0 aliphatic carbocycles. The summed E-state index contributed by atoms with van der Waals surface area (Å²) in [5, 5.41) is 6.77. The van der Waals surface area contributed by atoms with Crippen molar-refractivity contribution in [3.8, 4) is 0 Å². The topological polar surface area (TPSA) is 82.2 Å². The smallest absolute Gasteiger partial charge is 0.251 e. The van der Waals surface area contributed by atoms with Crippen molar-refractivity contribution in [3.63, 3.8) is 0 Å². The van der Waals surface area contributed by atoms with E-state index in [0.29, 0.717) is 18.8 Å². The number of anilines is 1. The monoisotopic (exact) mass is 226 g/mol. The molecule has 6 heteroatoms. The van der Waals surface area contributed by atoms with Crippen LogP contribution in [0.5, 0.6) is 0 Å². The molecule has 0 bridgehead atoms. The Morgan fingerprint density at radius 3 is 2.88 bits per heavy atom. The number of hydrogen-bond donors (Lipinski definition) is 2. The molecule has 0 aliphatic rings. The second-order valence-corrected chi connectivity index (χ2v) is 4.01. The Hall–Kier alpha value is -1.56. The van der Waals surface area contributed by atoms with Crippen molar-refractivity contribution in [2.75, 3.05) is 19.4 Å². The summed E-state index contributed by atoms with van der Waals surface area (Å²) in [6, 6.07) is 0. The quantitative estimate of drug-likeness (QED) is 0.740. The lowest BCUT2D eigenvalue weighted by atomic mass is 10.1. The van der Waals surface area contributed by atoms with Gasteiger partial charge in [0.05, 0.1) is 18.4 Å². The first-order valence-electron chi connectivity index (χ1n) is 5.07. The highest BCUT2D eigenvalue weighted by Crippen LogP contribution is 2.06. The molecular formula is C10H18N4O2. The van der Waals surface area contributed by atoms with Crippen LogP contribution in [0.2, 0.25) is 0 Å². The van der Waals surface area contributed by atoms with E-state index in [-0.39, 0.29) is 5.91 Å². The zero-order chi connectivity index (χ0) is 12.2. The summed E-state index contributed by atoms with van der Waals surface area (Å²) in [5.74, 6) is -0.143. The molecule has 0 saturated carbocycles. The molecule has 16 heavy (non-hydrogen) atoms. The van der Waals surface area contributed by atoms with E-state index in [1.165, 1.54) is 7.11 Å². The molecule has 0 saturated heterocycles. The summed E-state index contributed by atoms with van der Waals surface area (Å²) in [4.78, 5) is 11.6. The third kappa shape index (κ3) is 3.23. The number of amides is 1. The predicted octanol–water partition coefficient (Wildman–Crippen LogP) is 0.00650. The first-order valence-corrected chi connectivity index (χ1v) is 5.07. The summed E-state index contributed by atoms with van der Waals surface area (Å²) < 4.78 is 6.73. The van der Waals surface area contributed by atoms with Crippen LogP contribution in [0.1, 0.15) is 13.8 Å². The molecule has 90 valence electrons. The van der Waals surface area contributed by atoms with Gasteiger partial charge in [-0.05, 0) is 13.8 Å². The van der Waals surface area contributed by atoms with Gasteiger partial charge in [0, 0.05) is 19.9 Å². The number of hydrogen-bond acceptors (Lipinski definition) is 4. The lowest BCUT2D eigenvalue weighted by Crippen LogP contribution is -2.44. The molecule has 0 atom stereocenters. The van der Waals surface area contributed by atoms with Crippen LogP contribution in [0.4, 0.5) is 5.69 Å². The largest absolute Gasteiger partial charge is 0.396 e. The van der Waals surface area contributed by atoms with E-state index in [1.54, 1.807) is 30.9 Å². The predicted molar refractivity (Wildman–Crippen MR) is 60.7 cm³/mol. The summed E-state index contributed by atoms with van der Waals surface area (Å²) in [5.41, 5.74) is 5.32. The summed E-state index contributed by atoms with van der Waals surface area (Å²) in [6.45, 7) is 4.51. The van der Waals surface area contributed by atoms with Crippen LogP contribution in [0.15, 0.2) is 12.4 Å². The van der Waals surface area contributed by atoms with Crippen molar-refractivity contribution < 1.29 is 9.53 Å². The Balaban J connectivity index is 2.33. The third-order valence-corrected chi connectivity index (χ3v) is 2.34. The number of nitrogen functional groups attached to an aromatic ring is 1. The van der Waals surface area contributed by atoms with E-state index in [0.717, 1.165) is 0 Å². The van der Waals surface area contributed by atoms with Crippen molar-refractivity contribution in [2.24, 2.45) is 0 Å². The first-order chi connectivity index (χ1) is 7.45. The Morgan fingerprint density at radius 1 is 1.69 bits per heavy atom. The van der Waals surface area contributed by atoms with E-state index >= 15 is 0 Å². The summed E-state index contributed by atoms with van der Waals surface area (Å²) in [6.07, 6.45) is 3.29. The molecular weight excluding hydrogens is 208 g/mol. The highest BCUT2D eigenvalue weighted by Gasteiger charge is 2.26. The Labute approximate surface area is 94.8 Å². The van der Waals surface area contributed by atoms with Crippen LogP contribution in [0.25, 0.3) is 0 Å². The zero-order valence-electron chi connectivity index (χ0n) is 9.86. The SMILES string of the molecule is COC(C)(C)C(=O)NCCn1cc(N)cn1. The van der Waals surface area contributed by atoms with Crippen LogP contribution < -0.4 is 11.1 Å². The number of nitrogens with two attached hydrogens (primary N) is 1.